The smallest absolute Gasteiger partial charge is 0.334 e. The van der Waals surface area contributed by atoms with Crippen molar-refractivity contribution in [2.24, 2.45) is 5.92 Å². The zero-order chi connectivity index (χ0) is 23.1. The van der Waals surface area contributed by atoms with Gasteiger partial charge >= 0.3 is 5.69 Å². The molecule has 0 amide bonds. The average molecular weight is 433 g/mol. The first kappa shape index (κ1) is 23.3. The van der Waals surface area contributed by atoms with E-state index in [9.17, 15) is 10.1 Å². The van der Waals surface area contributed by atoms with Crippen molar-refractivity contribution < 1.29 is 4.92 Å². The number of benzene rings is 2. The molecule has 3 aromatic rings. The fraction of sp³-hybridized carbons (Fsp3) is 0.346. The first-order valence-corrected chi connectivity index (χ1v) is 11.1. The Morgan fingerprint density at radius 3 is 1.97 bits per heavy atom. The molecule has 0 spiro atoms. The summed E-state index contributed by atoms with van der Waals surface area (Å²) in [6.45, 7) is 9.85. The highest BCUT2D eigenvalue weighted by molar-refractivity contribution is 5.78. The molecule has 168 valence electrons. The number of hydrogen-bond donors (Lipinski definition) is 1. The molecule has 0 saturated heterocycles. The summed E-state index contributed by atoms with van der Waals surface area (Å²) in [4.78, 5) is 18.9. The van der Waals surface area contributed by atoms with E-state index >= 15 is 0 Å². The number of aryl methyl sites for hydroxylation is 1. The maximum Gasteiger partial charge on any atom is 0.334 e. The van der Waals surface area contributed by atoms with Crippen LogP contribution in [0.5, 0.6) is 0 Å². The summed E-state index contributed by atoms with van der Waals surface area (Å²) >= 11 is 0. The zero-order valence-corrected chi connectivity index (χ0v) is 19.3. The molecular weight excluding hydrogens is 400 g/mol. The molecule has 0 radical (unpaired) electrons. The first-order chi connectivity index (χ1) is 15.4. The molecule has 6 nitrogen and oxygen atoms in total. The van der Waals surface area contributed by atoms with Crippen LogP contribution in [0.1, 0.15) is 43.2 Å². The number of hydrogen-bond acceptors (Lipinski definition) is 5. The lowest BCUT2D eigenvalue weighted by molar-refractivity contribution is -0.383. The highest BCUT2D eigenvalue weighted by Crippen LogP contribution is 2.39. The first-order valence-electron chi connectivity index (χ1n) is 11.1. The third-order valence-corrected chi connectivity index (χ3v) is 5.42. The molecule has 0 fully saturated rings. The van der Waals surface area contributed by atoms with Crippen molar-refractivity contribution in [2.45, 2.75) is 47.2 Å². The summed E-state index contributed by atoms with van der Waals surface area (Å²) in [6, 6.07) is 20.0. The van der Waals surface area contributed by atoms with E-state index in [-0.39, 0.29) is 10.6 Å². The number of nitro groups is 1. The molecule has 32 heavy (non-hydrogen) atoms. The number of nitrogens with zero attached hydrogens (tertiary/aromatic N) is 3. The number of anilines is 2. The molecule has 0 aliphatic carbocycles. The van der Waals surface area contributed by atoms with Gasteiger partial charge in [0.2, 0.25) is 5.82 Å². The Kier molecular flexibility index (Phi) is 7.82. The van der Waals surface area contributed by atoms with Gasteiger partial charge in [0.15, 0.2) is 0 Å². The summed E-state index contributed by atoms with van der Waals surface area (Å²) < 4.78 is 0. The largest absolute Gasteiger partial charge is 0.379 e. The lowest BCUT2D eigenvalue weighted by atomic mass is 10.1. The van der Waals surface area contributed by atoms with E-state index in [2.05, 4.69) is 19.2 Å². The van der Waals surface area contributed by atoms with E-state index in [1.165, 1.54) is 0 Å². The van der Waals surface area contributed by atoms with Gasteiger partial charge in [-0.25, -0.2) is 4.98 Å². The molecule has 6 heteroatoms. The lowest BCUT2D eigenvalue weighted by Crippen LogP contribution is -2.25. The molecule has 0 bridgehead atoms. The second-order valence-corrected chi connectivity index (χ2v) is 8.44. The van der Waals surface area contributed by atoms with Gasteiger partial charge in [-0.3, -0.25) is 10.1 Å². The van der Waals surface area contributed by atoms with E-state index in [1.807, 2.05) is 79.4 Å². The van der Waals surface area contributed by atoms with Gasteiger partial charge in [0.1, 0.15) is 5.69 Å². The molecule has 0 aliphatic heterocycles. The van der Waals surface area contributed by atoms with E-state index in [0.717, 1.165) is 22.4 Å². The third kappa shape index (κ3) is 5.63. The van der Waals surface area contributed by atoms with Crippen LogP contribution in [0, 0.1) is 23.0 Å². The Morgan fingerprint density at radius 2 is 1.53 bits per heavy atom. The molecule has 0 aliphatic rings. The molecule has 0 atom stereocenters. The summed E-state index contributed by atoms with van der Waals surface area (Å²) in [5, 5.41) is 15.7. The van der Waals surface area contributed by atoms with Crippen LogP contribution in [-0.2, 0) is 19.5 Å². The van der Waals surface area contributed by atoms with Crippen LogP contribution in [-0.4, -0.2) is 16.5 Å². The molecule has 0 saturated carbocycles. The van der Waals surface area contributed by atoms with Crippen molar-refractivity contribution in [3.05, 3.63) is 93.2 Å². The normalized spacial score (nSPS) is 10.9. The fourth-order valence-electron chi connectivity index (χ4n) is 3.85. The lowest BCUT2D eigenvalue weighted by Gasteiger charge is -2.26. The van der Waals surface area contributed by atoms with Gasteiger partial charge in [-0.2, -0.15) is 0 Å². The van der Waals surface area contributed by atoms with Gasteiger partial charge in [0.05, 0.1) is 4.92 Å². The van der Waals surface area contributed by atoms with Gasteiger partial charge in [-0.1, -0.05) is 81.4 Å². The highest BCUT2D eigenvalue weighted by atomic mass is 16.6. The van der Waals surface area contributed by atoms with Gasteiger partial charge in [0.25, 0.3) is 0 Å². The maximum atomic E-state index is 12.4. The van der Waals surface area contributed by atoms with E-state index in [1.54, 1.807) is 0 Å². The summed E-state index contributed by atoms with van der Waals surface area (Å²) in [5.74, 6) is 0.768. The van der Waals surface area contributed by atoms with Crippen LogP contribution in [0.3, 0.4) is 0 Å². The third-order valence-electron chi connectivity index (χ3n) is 5.42. The summed E-state index contributed by atoms with van der Waals surface area (Å²) in [5.41, 5.74) is 4.53. The zero-order valence-electron chi connectivity index (χ0n) is 19.3. The van der Waals surface area contributed by atoms with E-state index < -0.39 is 0 Å². The molecule has 2 aromatic carbocycles. The van der Waals surface area contributed by atoms with Gasteiger partial charge in [-0.05, 0) is 30.4 Å². The Labute approximate surface area is 190 Å². The van der Waals surface area contributed by atoms with Crippen molar-refractivity contribution in [1.29, 1.82) is 0 Å². The van der Waals surface area contributed by atoms with Gasteiger partial charge in [0, 0.05) is 30.9 Å². The van der Waals surface area contributed by atoms with E-state index in [0.29, 0.717) is 43.5 Å². The van der Waals surface area contributed by atoms with E-state index in [4.69, 9.17) is 4.98 Å². The maximum absolute atomic E-state index is 12.4. The van der Waals surface area contributed by atoms with Crippen LogP contribution < -0.4 is 10.2 Å². The minimum atomic E-state index is -0.285. The average Bonchev–Trinajstić information content (AvgIpc) is 2.78. The molecular formula is C26H32N4O2. The predicted octanol–water partition coefficient (Wildman–Crippen LogP) is 6.14. The Balaban J connectivity index is 2.16. The monoisotopic (exact) mass is 432 g/mol. The molecule has 1 heterocycles. The molecule has 1 N–H and O–H groups in total. The van der Waals surface area contributed by atoms with Crippen molar-refractivity contribution in [1.82, 2.24) is 4.98 Å². The van der Waals surface area contributed by atoms with Gasteiger partial charge < -0.3 is 10.2 Å². The molecule has 1 aromatic heterocycles. The van der Waals surface area contributed by atoms with Crippen LogP contribution in [0.2, 0.25) is 0 Å². The van der Waals surface area contributed by atoms with Crippen molar-refractivity contribution in [2.75, 3.05) is 16.8 Å². The quantitative estimate of drug-likeness (QED) is 0.308. The molecule has 0 unspecified atom stereocenters. The SMILES string of the molecule is CCc1c(C)nc(N(Cc2ccccc2)Cc2ccccc2)c([N+](=O)[O-])c1NCC(C)C. The van der Waals surface area contributed by atoms with Crippen molar-refractivity contribution in [3.8, 4) is 0 Å². The minimum Gasteiger partial charge on any atom is -0.379 e. The van der Waals surface area contributed by atoms with Crippen LogP contribution >= 0.6 is 0 Å². The standard InChI is InChI=1S/C26H32N4O2/c1-5-23-20(4)28-26(25(30(31)32)24(23)27-16-19(2)3)29(17-21-12-8-6-9-13-21)18-22-14-10-7-11-15-22/h6-15,19H,5,16-18H2,1-4H3,(H,27,28). The summed E-state index contributed by atoms with van der Waals surface area (Å²) in [6.07, 6.45) is 0.678. The van der Waals surface area contributed by atoms with Crippen molar-refractivity contribution >= 4 is 17.2 Å². The van der Waals surface area contributed by atoms with Crippen LogP contribution in [0.15, 0.2) is 60.7 Å². The van der Waals surface area contributed by atoms with Crippen LogP contribution in [0.25, 0.3) is 0 Å². The topological polar surface area (TPSA) is 71.3 Å². The number of nitrogens with one attached hydrogen (secondary N) is 1. The highest BCUT2D eigenvalue weighted by Gasteiger charge is 2.30. The second-order valence-electron chi connectivity index (χ2n) is 8.44. The Bertz CT molecular complexity index is 995. The number of rotatable bonds is 10. The minimum absolute atomic E-state index is 0.0555. The Hall–Kier alpha value is -3.41. The summed E-state index contributed by atoms with van der Waals surface area (Å²) in [7, 11) is 0. The fourth-order valence-corrected chi connectivity index (χ4v) is 3.85. The predicted molar refractivity (Wildman–Crippen MR) is 131 cm³/mol. The second kappa shape index (κ2) is 10.8. The van der Waals surface area contributed by atoms with Gasteiger partial charge in [-0.15, -0.1) is 0 Å². The van der Waals surface area contributed by atoms with Crippen molar-refractivity contribution in [3.63, 3.8) is 0 Å². The Morgan fingerprint density at radius 1 is 1.00 bits per heavy atom. The van der Waals surface area contributed by atoms with Crippen LogP contribution in [0.4, 0.5) is 17.2 Å². The number of pyridine rings is 1. The molecule has 3 rings (SSSR count). The number of aromatic nitrogens is 1.